The van der Waals surface area contributed by atoms with E-state index in [0.717, 1.165) is 24.0 Å². The summed E-state index contributed by atoms with van der Waals surface area (Å²) in [6.45, 7) is 3.06. The fourth-order valence-electron chi connectivity index (χ4n) is 1.67. The summed E-state index contributed by atoms with van der Waals surface area (Å²) in [4.78, 5) is 7.32. The van der Waals surface area contributed by atoms with Crippen LogP contribution in [0.3, 0.4) is 0 Å². The maximum absolute atomic E-state index is 7.77. The van der Waals surface area contributed by atoms with E-state index < -0.39 is 0 Å². The maximum Gasteiger partial charge on any atom is 0.222 e. The van der Waals surface area contributed by atoms with Crippen molar-refractivity contribution in [1.82, 2.24) is 14.5 Å². The Morgan fingerprint density at radius 3 is 3.13 bits per heavy atom. The van der Waals surface area contributed by atoms with Crippen molar-refractivity contribution in [1.29, 1.82) is 5.41 Å². The molecule has 0 aliphatic rings. The van der Waals surface area contributed by atoms with Crippen LogP contribution in [0.5, 0.6) is 0 Å². The SMILES string of the molecule is CCCCCn1cc2[nH]ccc2nc1=N. The van der Waals surface area contributed by atoms with E-state index in [2.05, 4.69) is 16.9 Å². The third-order valence-corrected chi connectivity index (χ3v) is 2.54. The van der Waals surface area contributed by atoms with Gasteiger partial charge in [-0.3, -0.25) is 5.41 Å². The Labute approximate surface area is 88.5 Å². The monoisotopic (exact) mass is 204 g/mol. The molecule has 2 aromatic rings. The first-order valence-electron chi connectivity index (χ1n) is 5.40. The van der Waals surface area contributed by atoms with Crippen molar-refractivity contribution >= 4 is 11.0 Å². The summed E-state index contributed by atoms with van der Waals surface area (Å²) in [7, 11) is 0. The van der Waals surface area contributed by atoms with Gasteiger partial charge in [0.25, 0.3) is 0 Å². The Hall–Kier alpha value is -1.58. The number of hydrogen-bond acceptors (Lipinski definition) is 2. The Bertz CT molecular complexity index is 495. The molecule has 0 aliphatic heterocycles. The summed E-state index contributed by atoms with van der Waals surface area (Å²) in [5.41, 5.74) is 2.22. The molecule has 0 aliphatic carbocycles. The molecule has 0 spiro atoms. The topological polar surface area (TPSA) is 57.5 Å². The smallest absolute Gasteiger partial charge is 0.222 e. The van der Waals surface area contributed by atoms with Crippen LogP contribution >= 0.6 is 0 Å². The number of aromatic nitrogens is 3. The zero-order valence-electron chi connectivity index (χ0n) is 8.95. The van der Waals surface area contributed by atoms with E-state index in [1.165, 1.54) is 12.8 Å². The quantitative estimate of drug-likeness (QED) is 0.735. The summed E-state index contributed by atoms with van der Waals surface area (Å²) in [6, 6.07) is 1.89. The molecular formula is C11H16N4. The van der Waals surface area contributed by atoms with Crippen LogP contribution in [-0.2, 0) is 6.54 Å². The Morgan fingerprint density at radius 2 is 2.33 bits per heavy atom. The summed E-state index contributed by atoms with van der Waals surface area (Å²) < 4.78 is 1.90. The highest BCUT2D eigenvalue weighted by Gasteiger charge is 1.99. The molecule has 4 heteroatoms. The van der Waals surface area contributed by atoms with Crippen LogP contribution < -0.4 is 5.62 Å². The first-order valence-corrected chi connectivity index (χ1v) is 5.40. The highest BCUT2D eigenvalue weighted by Crippen LogP contribution is 2.05. The normalized spacial score (nSPS) is 11.0. The van der Waals surface area contributed by atoms with Crippen LogP contribution in [0.2, 0.25) is 0 Å². The lowest BCUT2D eigenvalue weighted by molar-refractivity contribution is 0.568. The average Bonchev–Trinajstić information content (AvgIpc) is 2.65. The Balaban J connectivity index is 2.26. The van der Waals surface area contributed by atoms with E-state index in [1.54, 1.807) is 0 Å². The first kappa shape index (κ1) is 9.96. The molecule has 0 radical (unpaired) electrons. The number of hydrogen-bond donors (Lipinski definition) is 2. The summed E-state index contributed by atoms with van der Waals surface area (Å²) >= 11 is 0. The van der Waals surface area contributed by atoms with Gasteiger partial charge in [0.05, 0.1) is 11.0 Å². The molecule has 80 valence electrons. The lowest BCUT2D eigenvalue weighted by Crippen LogP contribution is -2.22. The third kappa shape index (κ3) is 2.09. The molecule has 0 bridgehead atoms. The number of nitrogens with zero attached hydrogens (tertiary/aromatic N) is 2. The summed E-state index contributed by atoms with van der Waals surface area (Å²) in [6.07, 6.45) is 7.34. The average molecular weight is 204 g/mol. The zero-order chi connectivity index (χ0) is 10.7. The van der Waals surface area contributed by atoms with E-state index in [9.17, 15) is 0 Å². The maximum atomic E-state index is 7.77. The molecule has 0 saturated heterocycles. The molecule has 2 aromatic heterocycles. The van der Waals surface area contributed by atoms with Crippen molar-refractivity contribution in [3.63, 3.8) is 0 Å². The second-order valence-corrected chi connectivity index (χ2v) is 3.74. The molecular weight excluding hydrogens is 188 g/mol. The van der Waals surface area contributed by atoms with Crippen LogP contribution in [0, 0.1) is 5.41 Å². The van der Waals surface area contributed by atoms with Crippen molar-refractivity contribution in [3.8, 4) is 0 Å². The minimum atomic E-state index is 0.346. The van der Waals surface area contributed by atoms with Gasteiger partial charge in [-0.15, -0.1) is 0 Å². The van der Waals surface area contributed by atoms with Crippen LogP contribution in [-0.4, -0.2) is 14.5 Å². The minimum Gasteiger partial charge on any atom is -0.359 e. The van der Waals surface area contributed by atoms with Gasteiger partial charge in [-0.25, -0.2) is 4.98 Å². The Kier molecular flexibility index (Phi) is 2.85. The van der Waals surface area contributed by atoms with Gasteiger partial charge in [-0.05, 0) is 12.5 Å². The van der Waals surface area contributed by atoms with E-state index in [4.69, 9.17) is 5.41 Å². The lowest BCUT2D eigenvalue weighted by atomic mass is 10.2. The highest BCUT2D eigenvalue weighted by molar-refractivity contribution is 5.73. The lowest BCUT2D eigenvalue weighted by Gasteiger charge is -2.05. The number of unbranched alkanes of at least 4 members (excludes halogenated alkanes) is 2. The van der Waals surface area contributed by atoms with Crippen LogP contribution in [0.15, 0.2) is 18.5 Å². The summed E-state index contributed by atoms with van der Waals surface area (Å²) in [5.74, 6) is 0. The van der Waals surface area contributed by atoms with Gasteiger partial charge in [0, 0.05) is 18.9 Å². The van der Waals surface area contributed by atoms with Crippen molar-refractivity contribution in [3.05, 3.63) is 24.1 Å². The van der Waals surface area contributed by atoms with E-state index in [1.807, 2.05) is 23.0 Å². The molecule has 0 amide bonds. The first-order chi connectivity index (χ1) is 7.31. The molecule has 0 atom stereocenters. The van der Waals surface area contributed by atoms with Crippen molar-refractivity contribution < 1.29 is 0 Å². The van der Waals surface area contributed by atoms with E-state index in [0.29, 0.717) is 5.62 Å². The summed E-state index contributed by atoms with van der Waals surface area (Å²) in [5, 5.41) is 7.77. The van der Waals surface area contributed by atoms with Crippen molar-refractivity contribution in [2.45, 2.75) is 32.7 Å². The number of H-pyrrole nitrogens is 1. The molecule has 2 rings (SSSR count). The number of aromatic amines is 1. The van der Waals surface area contributed by atoms with Gasteiger partial charge in [-0.2, -0.15) is 0 Å². The van der Waals surface area contributed by atoms with Crippen molar-refractivity contribution in [2.24, 2.45) is 0 Å². The largest absolute Gasteiger partial charge is 0.359 e. The number of aryl methyl sites for hydroxylation is 1. The predicted octanol–water partition coefficient (Wildman–Crippen LogP) is 2.03. The van der Waals surface area contributed by atoms with Gasteiger partial charge in [0.2, 0.25) is 5.62 Å². The van der Waals surface area contributed by atoms with Gasteiger partial charge < -0.3 is 9.55 Å². The molecule has 15 heavy (non-hydrogen) atoms. The molecule has 2 heterocycles. The van der Waals surface area contributed by atoms with Gasteiger partial charge in [-0.1, -0.05) is 19.8 Å². The van der Waals surface area contributed by atoms with E-state index >= 15 is 0 Å². The van der Waals surface area contributed by atoms with Gasteiger partial charge in [0.1, 0.15) is 0 Å². The molecule has 0 aromatic carbocycles. The van der Waals surface area contributed by atoms with Crippen LogP contribution in [0.1, 0.15) is 26.2 Å². The molecule has 0 unspecified atom stereocenters. The Morgan fingerprint density at radius 1 is 1.47 bits per heavy atom. The van der Waals surface area contributed by atoms with Gasteiger partial charge in [0.15, 0.2) is 0 Å². The number of nitrogens with one attached hydrogen (secondary N) is 2. The standard InChI is InChI=1S/C11H16N4/c1-2-3-4-7-15-8-10-9(5-6-13-10)14-11(15)12/h5-6,8,12-13H,2-4,7H2,1H3. The predicted molar refractivity (Wildman–Crippen MR) is 59.5 cm³/mol. The van der Waals surface area contributed by atoms with Crippen LogP contribution in [0.25, 0.3) is 11.0 Å². The fourth-order valence-corrected chi connectivity index (χ4v) is 1.67. The van der Waals surface area contributed by atoms with E-state index in [-0.39, 0.29) is 0 Å². The number of fused-ring (bicyclic) bond motifs is 1. The highest BCUT2D eigenvalue weighted by atomic mass is 15.1. The third-order valence-electron chi connectivity index (χ3n) is 2.54. The molecule has 4 nitrogen and oxygen atoms in total. The van der Waals surface area contributed by atoms with Gasteiger partial charge >= 0.3 is 0 Å². The second kappa shape index (κ2) is 4.29. The van der Waals surface area contributed by atoms with Crippen LogP contribution in [0.4, 0.5) is 0 Å². The molecule has 0 saturated carbocycles. The second-order valence-electron chi connectivity index (χ2n) is 3.74. The zero-order valence-corrected chi connectivity index (χ0v) is 8.95. The number of rotatable bonds is 4. The molecule has 0 fully saturated rings. The fraction of sp³-hybridized carbons (Fsp3) is 0.455. The van der Waals surface area contributed by atoms with Crippen molar-refractivity contribution in [2.75, 3.05) is 0 Å². The molecule has 2 N–H and O–H groups in total. The minimum absolute atomic E-state index is 0.346.